The number of hydrogen-bond acceptors (Lipinski definition) is 8. The molecule has 0 aromatic rings. The lowest BCUT2D eigenvalue weighted by atomic mass is 10.0. The molecule has 54 heavy (non-hydrogen) atoms. The topological polar surface area (TPSA) is 107 Å². The predicted octanol–water partition coefficient (Wildman–Crippen LogP) is 11.1. The summed E-state index contributed by atoms with van der Waals surface area (Å²) in [6.07, 6.45) is 42.5. The van der Waals surface area contributed by atoms with Gasteiger partial charge in [-0.1, -0.05) is 140 Å². The maximum atomic E-state index is 12.6. The second kappa shape index (κ2) is 33.4. The molecule has 1 aliphatic rings. The third-order valence-electron chi connectivity index (χ3n) is 9.37. The monoisotopic (exact) mass is 782 g/mol. The van der Waals surface area contributed by atoms with Crippen molar-refractivity contribution in [2.24, 2.45) is 0 Å². The molecule has 0 saturated carbocycles. The number of hydrogen-bond donors (Lipinski definition) is 0. The average molecular weight is 782 g/mol. The van der Waals surface area contributed by atoms with Gasteiger partial charge in [-0.15, -0.1) is 0 Å². The number of nitrogens with zero attached hydrogens (tertiary/aromatic N) is 1. The molecule has 1 saturated heterocycles. The number of carbonyl (C=O) groups is 1. The van der Waals surface area contributed by atoms with Gasteiger partial charge in [0.2, 0.25) is 0 Å². The maximum absolute atomic E-state index is 12.6. The first kappa shape index (κ1) is 50.3. The van der Waals surface area contributed by atoms with Gasteiger partial charge < -0.3 is 32.6 Å². The summed E-state index contributed by atoms with van der Waals surface area (Å²) in [5, 5.41) is 0. The van der Waals surface area contributed by atoms with Gasteiger partial charge in [-0.3, -0.25) is 9.36 Å². The Morgan fingerprint density at radius 2 is 1.28 bits per heavy atom. The predicted molar refractivity (Wildman–Crippen MR) is 221 cm³/mol. The lowest BCUT2D eigenvalue weighted by Crippen LogP contribution is -2.37. The molecule has 1 rings (SSSR count). The van der Waals surface area contributed by atoms with Gasteiger partial charge in [-0.25, -0.2) is 0 Å². The van der Waals surface area contributed by atoms with Gasteiger partial charge in [0.25, 0.3) is 7.82 Å². The lowest BCUT2D eigenvalue weighted by Gasteiger charge is -2.28. The number of allylic oxidation sites excluding steroid dienone is 6. The van der Waals surface area contributed by atoms with Gasteiger partial charge in [0.1, 0.15) is 19.8 Å². The first-order chi connectivity index (χ1) is 26.1. The summed E-state index contributed by atoms with van der Waals surface area (Å²) in [6.45, 7) is 4.62. The highest BCUT2D eigenvalue weighted by molar-refractivity contribution is 7.45. The molecule has 0 radical (unpaired) electrons. The first-order valence-corrected chi connectivity index (χ1v) is 23.0. The number of carbonyl (C=O) groups excluding carboxylic acids is 1. The molecule has 3 unspecified atom stereocenters. The van der Waals surface area contributed by atoms with E-state index in [9.17, 15) is 14.3 Å². The Morgan fingerprint density at radius 1 is 0.704 bits per heavy atom. The minimum atomic E-state index is -4.56. The van der Waals surface area contributed by atoms with Crippen LogP contribution in [0, 0.1) is 0 Å². The molecule has 0 amide bonds. The molecule has 0 spiro atoms. The van der Waals surface area contributed by atoms with Crippen molar-refractivity contribution >= 4 is 13.8 Å². The summed E-state index contributed by atoms with van der Waals surface area (Å²) in [5.41, 5.74) is 0. The Hall–Kier alpha value is -1.74. The summed E-state index contributed by atoms with van der Waals surface area (Å²) in [5.74, 6) is -0.414. The highest BCUT2D eigenvalue weighted by Crippen LogP contribution is 2.38. The van der Waals surface area contributed by atoms with Gasteiger partial charge in [0.15, 0.2) is 6.10 Å². The van der Waals surface area contributed by atoms with Crippen LogP contribution in [0.3, 0.4) is 0 Å². The molecule has 9 nitrogen and oxygen atoms in total. The van der Waals surface area contributed by atoms with E-state index < -0.39 is 19.9 Å². The Bertz CT molecular complexity index is 1070. The van der Waals surface area contributed by atoms with E-state index in [0.717, 1.165) is 38.5 Å². The number of unbranched alkanes of at least 4 members (excludes halogenated alkanes) is 15. The van der Waals surface area contributed by atoms with Crippen molar-refractivity contribution in [3.05, 3.63) is 48.8 Å². The van der Waals surface area contributed by atoms with Crippen LogP contribution in [-0.2, 0) is 32.6 Å². The zero-order valence-electron chi connectivity index (χ0n) is 35.1. The highest BCUT2D eigenvalue weighted by Gasteiger charge is 2.36. The summed E-state index contributed by atoms with van der Waals surface area (Å²) in [4.78, 5) is 25.0. The largest absolute Gasteiger partial charge is 0.756 e. The van der Waals surface area contributed by atoms with Gasteiger partial charge in [-0.2, -0.15) is 0 Å². The van der Waals surface area contributed by atoms with E-state index in [4.69, 9.17) is 23.3 Å². The Balaban J connectivity index is 2.30. The molecule has 0 bridgehead atoms. The molecule has 1 fully saturated rings. The van der Waals surface area contributed by atoms with Crippen LogP contribution in [0.4, 0.5) is 0 Å². The van der Waals surface area contributed by atoms with Crippen molar-refractivity contribution in [1.82, 2.24) is 0 Å². The lowest BCUT2D eigenvalue weighted by molar-refractivity contribution is -0.870. The van der Waals surface area contributed by atoms with Crippen molar-refractivity contribution in [3.63, 3.8) is 0 Å². The zero-order valence-corrected chi connectivity index (χ0v) is 36.0. The SMILES string of the molecule is CCCCCCCCCCCCCC/C=C/OC[C@H](COP(=O)([O-])OCC[N+](C)(C)C)OC(=O)CCC/C=C\C/C=C\C/C=C\CC1OC1CCCCC. The molecule has 0 N–H and O–H groups in total. The molecule has 0 aliphatic carbocycles. The molecule has 314 valence electrons. The van der Waals surface area contributed by atoms with E-state index in [0.29, 0.717) is 29.7 Å². The van der Waals surface area contributed by atoms with Crippen LogP contribution >= 0.6 is 7.82 Å². The maximum Gasteiger partial charge on any atom is 0.306 e. The number of esters is 1. The first-order valence-electron chi connectivity index (χ1n) is 21.5. The van der Waals surface area contributed by atoms with Crippen molar-refractivity contribution in [1.29, 1.82) is 0 Å². The number of phosphoric ester groups is 1. The Kier molecular flexibility index (Phi) is 31.1. The third-order valence-corrected chi connectivity index (χ3v) is 10.3. The number of phosphoric acid groups is 1. The van der Waals surface area contributed by atoms with Crippen molar-refractivity contribution in [2.75, 3.05) is 47.5 Å². The van der Waals surface area contributed by atoms with E-state index in [2.05, 4.69) is 50.3 Å². The standard InChI is InChI=1S/C44H80NO8P/c1-6-8-10-11-12-13-14-15-16-19-22-25-28-32-37-49-39-41(40-51-54(47,48)50-38-36-45(3,4)5)52-44(46)35-31-27-24-21-18-17-20-23-26-30-34-43-42(53-43)33-29-9-7-2/h17,20-21,24,26,30,32,37,41-43H,6-16,18-19,22-23,25,27-29,31,33-36,38-40H2,1-5H3/b20-17-,24-21-,30-26-,37-32+/t41-,42?,43?/m1/s1. The second-order valence-corrected chi connectivity index (χ2v) is 17.2. The van der Waals surface area contributed by atoms with Gasteiger partial charge in [-0.05, 0) is 57.4 Å². The summed E-state index contributed by atoms with van der Waals surface area (Å²) >= 11 is 0. The third kappa shape index (κ3) is 33.6. The van der Waals surface area contributed by atoms with Crippen molar-refractivity contribution in [3.8, 4) is 0 Å². The summed E-state index contributed by atoms with van der Waals surface area (Å²) in [7, 11) is 1.28. The minimum Gasteiger partial charge on any atom is -0.756 e. The smallest absolute Gasteiger partial charge is 0.306 e. The summed E-state index contributed by atoms with van der Waals surface area (Å²) in [6, 6.07) is 0. The number of rotatable bonds is 38. The fourth-order valence-corrected chi connectivity index (χ4v) is 6.62. The van der Waals surface area contributed by atoms with Crippen LogP contribution in [0.1, 0.15) is 162 Å². The van der Waals surface area contributed by atoms with E-state index in [1.54, 1.807) is 6.26 Å². The van der Waals surface area contributed by atoms with Crippen LogP contribution in [0.2, 0.25) is 0 Å². The fraction of sp³-hybridized carbons (Fsp3) is 0.795. The van der Waals surface area contributed by atoms with E-state index in [1.807, 2.05) is 27.2 Å². The highest BCUT2D eigenvalue weighted by atomic mass is 31.2. The van der Waals surface area contributed by atoms with Crippen molar-refractivity contribution < 1.29 is 42.0 Å². The van der Waals surface area contributed by atoms with E-state index >= 15 is 0 Å². The van der Waals surface area contributed by atoms with Crippen LogP contribution in [0.5, 0.6) is 0 Å². The van der Waals surface area contributed by atoms with E-state index in [-0.39, 0.29) is 26.2 Å². The van der Waals surface area contributed by atoms with Gasteiger partial charge >= 0.3 is 5.97 Å². The fourth-order valence-electron chi connectivity index (χ4n) is 5.89. The number of quaternary nitrogens is 1. The molecule has 0 aromatic heterocycles. The van der Waals surface area contributed by atoms with Crippen LogP contribution < -0.4 is 4.89 Å². The molecule has 1 aliphatic heterocycles. The normalized spacial score (nSPS) is 18.0. The van der Waals surface area contributed by atoms with Crippen LogP contribution in [-0.4, -0.2) is 76.3 Å². The number of ether oxygens (including phenoxy) is 3. The molecule has 10 heteroatoms. The van der Waals surface area contributed by atoms with Gasteiger partial charge in [0.05, 0.1) is 46.2 Å². The molecular formula is C44H80NO8P. The van der Waals surface area contributed by atoms with Crippen molar-refractivity contribution in [2.45, 2.75) is 180 Å². The van der Waals surface area contributed by atoms with Crippen LogP contribution in [0.15, 0.2) is 48.8 Å². The Labute approximate surface area is 331 Å². The summed E-state index contributed by atoms with van der Waals surface area (Å²) < 4.78 is 40.0. The van der Waals surface area contributed by atoms with E-state index in [1.165, 1.54) is 96.3 Å². The minimum absolute atomic E-state index is 0.00330. The quantitative estimate of drug-likeness (QED) is 0.0116. The zero-order chi connectivity index (χ0) is 39.6. The second-order valence-electron chi connectivity index (χ2n) is 15.8. The molecule has 4 atom stereocenters. The molecule has 0 aromatic carbocycles. The molecule has 1 heterocycles. The number of epoxide rings is 1. The average Bonchev–Trinajstić information content (AvgIpc) is 3.87. The number of likely N-dealkylation sites (N-methyl/N-ethyl adjacent to an activating group) is 1. The van der Waals surface area contributed by atoms with Gasteiger partial charge in [0, 0.05) is 6.42 Å². The Morgan fingerprint density at radius 3 is 1.93 bits per heavy atom. The van der Waals surface area contributed by atoms with Crippen LogP contribution in [0.25, 0.3) is 0 Å². The molecular weight excluding hydrogens is 701 g/mol.